The SMILES string of the molecule is CCc1[nH]c(C(=O)NC2CCN(c3cc(C)cc(C(=O)O)c3)C[C@@H]2OC)nc1Cl. The molecule has 3 N–H and O–H groups in total. The van der Waals surface area contributed by atoms with Crippen molar-refractivity contribution in [2.24, 2.45) is 0 Å². The van der Waals surface area contributed by atoms with Crippen LogP contribution < -0.4 is 10.2 Å². The Morgan fingerprint density at radius 2 is 2.17 bits per heavy atom. The van der Waals surface area contributed by atoms with Gasteiger partial charge in [-0.15, -0.1) is 0 Å². The molecule has 0 bridgehead atoms. The Kier molecular flexibility index (Phi) is 6.44. The Morgan fingerprint density at radius 1 is 1.41 bits per heavy atom. The number of hydrogen-bond donors (Lipinski definition) is 3. The first kappa shape index (κ1) is 21.1. The van der Waals surface area contributed by atoms with Gasteiger partial charge in [0, 0.05) is 25.9 Å². The van der Waals surface area contributed by atoms with Crippen molar-refractivity contribution in [3.05, 3.63) is 46.0 Å². The third kappa shape index (κ3) is 4.71. The van der Waals surface area contributed by atoms with Gasteiger partial charge in [0.25, 0.3) is 5.91 Å². The fourth-order valence-corrected chi connectivity index (χ4v) is 3.86. The van der Waals surface area contributed by atoms with E-state index in [-0.39, 0.29) is 29.4 Å². The highest BCUT2D eigenvalue weighted by atomic mass is 35.5. The summed E-state index contributed by atoms with van der Waals surface area (Å²) in [5.41, 5.74) is 2.69. The first-order valence-corrected chi connectivity index (χ1v) is 9.88. The van der Waals surface area contributed by atoms with Crippen LogP contribution in [0.25, 0.3) is 0 Å². The molecule has 0 aliphatic carbocycles. The van der Waals surface area contributed by atoms with Crippen molar-refractivity contribution in [2.45, 2.75) is 38.8 Å². The molecule has 2 atom stereocenters. The number of aromatic nitrogens is 2. The molecular formula is C20H25ClN4O4. The number of rotatable bonds is 6. The summed E-state index contributed by atoms with van der Waals surface area (Å²) < 4.78 is 5.62. The average molecular weight is 421 g/mol. The highest BCUT2D eigenvalue weighted by Gasteiger charge is 2.32. The molecule has 2 aromatic rings. The summed E-state index contributed by atoms with van der Waals surface area (Å²) in [6, 6.07) is 5.07. The van der Waals surface area contributed by atoms with Gasteiger partial charge in [-0.3, -0.25) is 4.79 Å². The van der Waals surface area contributed by atoms with Gasteiger partial charge >= 0.3 is 5.97 Å². The zero-order valence-corrected chi connectivity index (χ0v) is 17.4. The normalized spacial score (nSPS) is 19.2. The number of nitrogens with zero attached hydrogens (tertiary/aromatic N) is 2. The molecule has 1 unspecified atom stereocenters. The molecule has 8 nitrogen and oxygen atoms in total. The van der Waals surface area contributed by atoms with Crippen LogP contribution in [0.3, 0.4) is 0 Å². The number of H-pyrrole nitrogens is 1. The number of methoxy groups -OCH3 is 1. The van der Waals surface area contributed by atoms with Crippen LogP contribution in [0.1, 0.15) is 45.6 Å². The first-order valence-electron chi connectivity index (χ1n) is 9.50. The van der Waals surface area contributed by atoms with Gasteiger partial charge < -0.3 is 25.0 Å². The Morgan fingerprint density at radius 3 is 2.79 bits per heavy atom. The number of carboxylic acids is 1. The van der Waals surface area contributed by atoms with Gasteiger partial charge in [0.1, 0.15) is 0 Å². The van der Waals surface area contributed by atoms with Crippen LogP contribution in [0, 0.1) is 6.92 Å². The maximum absolute atomic E-state index is 12.6. The molecule has 3 rings (SSSR count). The van der Waals surface area contributed by atoms with E-state index in [1.165, 1.54) is 0 Å². The number of carbonyl (C=O) groups is 2. The number of aromatic amines is 1. The van der Waals surface area contributed by atoms with Gasteiger partial charge in [-0.05, 0) is 43.5 Å². The number of carbonyl (C=O) groups excluding carboxylic acids is 1. The fraction of sp³-hybridized carbons (Fsp3) is 0.450. The lowest BCUT2D eigenvalue weighted by Gasteiger charge is -2.39. The average Bonchev–Trinajstić information content (AvgIpc) is 3.08. The van der Waals surface area contributed by atoms with Crippen LogP contribution in [0.5, 0.6) is 0 Å². The third-order valence-electron chi connectivity index (χ3n) is 5.15. The largest absolute Gasteiger partial charge is 0.478 e. The van der Waals surface area contributed by atoms with Crippen LogP contribution in [-0.2, 0) is 11.2 Å². The molecule has 2 heterocycles. The Bertz CT molecular complexity index is 914. The molecule has 9 heteroatoms. The standard InChI is InChI=1S/C20H25ClN4O4/c1-4-14-17(21)24-18(22-14)19(26)23-15-5-6-25(10-16(15)29-3)13-8-11(2)7-12(9-13)20(27)28/h7-9,15-16H,4-6,10H2,1-3H3,(H,22,24)(H,23,26)(H,27,28)/t15?,16-/m0/s1. The van der Waals surface area contributed by atoms with Gasteiger partial charge in [0.05, 0.1) is 23.4 Å². The van der Waals surface area contributed by atoms with E-state index in [4.69, 9.17) is 16.3 Å². The van der Waals surface area contributed by atoms with Crippen LogP contribution in [0.15, 0.2) is 18.2 Å². The third-order valence-corrected chi connectivity index (χ3v) is 5.46. The van der Waals surface area contributed by atoms with Crippen molar-refractivity contribution in [2.75, 3.05) is 25.1 Å². The van der Waals surface area contributed by atoms with Crippen LogP contribution in [0.2, 0.25) is 5.15 Å². The van der Waals surface area contributed by atoms with Gasteiger partial charge in [0.15, 0.2) is 11.0 Å². The molecular weight excluding hydrogens is 396 g/mol. The zero-order chi connectivity index (χ0) is 21.1. The molecule has 156 valence electrons. The summed E-state index contributed by atoms with van der Waals surface area (Å²) in [6.07, 6.45) is 1.06. The number of carboxylic acid groups (broad SMARTS) is 1. The number of nitrogens with one attached hydrogen (secondary N) is 2. The van der Waals surface area contributed by atoms with E-state index in [0.29, 0.717) is 31.1 Å². The number of benzene rings is 1. The van der Waals surface area contributed by atoms with Gasteiger partial charge in [0.2, 0.25) is 0 Å². The van der Waals surface area contributed by atoms with Gasteiger partial charge in [-0.2, -0.15) is 0 Å². The van der Waals surface area contributed by atoms with Crippen molar-refractivity contribution < 1.29 is 19.4 Å². The maximum Gasteiger partial charge on any atom is 0.335 e. The quantitative estimate of drug-likeness (QED) is 0.663. The van der Waals surface area contributed by atoms with E-state index in [0.717, 1.165) is 16.9 Å². The number of hydrogen-bond acceptors (Lipinski definition) is 5. The lowest BCUT2D eigenvalue weighted by molar-refractivity contribution is 0.0538. The number of amides is 1. The number of aromatic carboxylic acids is 1. The van der Waals surface area contributed by atoms with Crippen molar-refractivity contribution in [1.82, 2.24) is 15.3 Å². The second kappa shape index (κ2) is 8.84. The topological polar surface area (TPSA) is 108 Å². The Hall–Kier alpha value is -2.58. The molecule has 0 saturated carbocycles. The first-order chi connectivity index (χ1) is 13.8. The Labute approximate surface area is 174 Å². The zero-order valence-electron chi connectivity index (χ0n) is 16.7. The van der Waals surface area contributed by atoms with Crippen LogP contribution in [-0.4, -0.2) is 59.3 Å². The van der Waals surface area contributed by atoms with Crippen molar-refractivity contribution in [3.63, 3.8) is 0 Å². The molecule has 29 heavy (non-hydrogen) atoms. The van der Waals surface area contributed by atoms with Crippen molar-refractivity contribution >= 4 is 29.2 Å². The molecule has 1 saturated heterocycles. The van der Waals surface area contributed by atoms with E-state index in [2.05, 4.69) is 20.2 Å². The molecule has 1 aliphatic heterocycles. The predicted octanol–water partition coefficient (Wildman–Crippen LogP) is 2.66. The highest BCUT2D eigenvalue weighted by Crippen LogP contribution is 2.24. The lowest BCUT2D eigenvalue weighted by atomic mass is 10.00. The minimum Gasteiger partial charge on any atom is -0.478 e. The van der Waals surface area contributed by atoms with E-state index >= 15 is 0 Å². The highest BCUT2D eigenvalue weighted by molar-refractivity contribution is 6.30. The fourth-order valence-electron chi connectivity index (χ4n) is 3.59. The molecule has 1 aliphatic rings. The summed E-state index contributed by atoms with van der Waals surface area (Å²) in [7, 11) is 1.60. The Balaban J connectivity index is 1.71. The second-order valence-electron chi connectivity index (χ2n) is 7.16. The number of anilines is 1. The molecule has 0 radical (unpaired) electrons. The van der Waals surface area contributed by atoms with Crippen molar-refractivity contribution in [1.29, 1.82) is 0 Å². The summed E-state index contributed by atoms with van der Waals surface area (Å²) in [4.78, 5) is 33.0. The van der Waals surface area contributed by atoms with Gasteiger partial charge in [-0.25, -0.2) is 9.78 Å². The van der Waals surface area contributed by atoms with E-state index in [1.807, 2.05) is 19.9 Å². The summed E-state index contributed by atoms with van der Waals surface area (Å²) in [6.45, 7) is 4.99. The summed E-state index contributed by atoms with van der Waals surface area (Å²) in [5.74, 6) is -1.09. The molecule has 1 aromatic heterocycles. The number of aryl methyl sites for hydroxylation is 2. The number of ether oxygens (including phenoxy) is 1. The predicted molar refractivity (Wildman–Crippen MR) is 110 cm³/mol. The van der Waals surface area contributed by atoms with E-state index < -0.39 is 5.97 Å². The van der Waals surface area contributed by atoms with E-state index in [9.17, 15) is 14.7 Å². The second-order valence-corrected chi connectivity index (χ2v) is 7.52. The van der Waals surface area contributed by atoms with Gasteiger partial charge in [-0.1, -0.05) is 18.5 Å². The smallest absolute Gasteiger partial charge is 0.335 e. The summed E-state index contributed by atoms with van der Waals surface area (Å²) >= 11 is 6.03. The van der Waals surface area contributed by atoms with Crippen LogP contribution in [0.4, 0.5) is 5.69 Å². The molecule has 1 aromatic carbocycles. The molecule has 1 amide bonds. The van der Waals surface area contributed by atoms with Crippen molar-refractivity contribution in [3.8, 4) is 0 Å². The van der Waals surface area contributed by atoms with E-state index in [1.54, 1.807) is 19.2 Å². The lowest BCUT2D eigenvalue weighted by Crippen LogP contribution is -2.55. The number of imidazole rings is 1. The summed E-state index contributed by atoms with van der Waals surface area (Å²) in [5, 5.41) is 12.6. The molecule has 1 fully saturated rings. The monoisotopic (exact) mass is 420 g/mol. The number of halogens is 1. The van der Waals surface area contributed by atoms with Crippen LogP contribution >= 0.6 is 11.6 Å². The minimum absolute atomic E-state index is 0.189. The minimum atomic E-state index is -0.955. The maximum atomic E-state index is 12.6. The molecule has 0 spiro atoms. The number of piperidine rings is 1.